The number of aromatic nitrogens is 1. The number of anilines is 2. The molecular weight excluding hydrogens is 604 g/mol. The zero-order chi connectivity index (χ0) is 29.7. The second-order valence-corrected chi connectivity index (χ2v) is 12.2. The quantitative estimate of drug-likeness (QED) is 0.180. The molecule has 0 unspecified atom stereocenters. The van der Waals surface area contributed by atoms with Gasteiger partial charge >= 0.3 is 4.87 Å². The first-order chi connectivity index (χ1) is 20.1. The molecule has 1 aromatic heterocycles. The highest BCUT2D eigenvalue weighted by atomic mass is 35.5. The largest absolute Gasteiger partial charge is 0.508 e. The summed E-state index contributed by atoms with van der Waals surface area (Å²) in [4.78, 5) is 65.5. The summed E-state index contributed by atoms with van der Waals surface area (Å²) in [6, 6.07) is 17.8. The minimum atomic E-state index is -0.932. The van der Waals surface area contributed by atoms with Crippen LogP contribution < -0.4 is 15.1 Å². The molecule has 2 aliphatic heterocycles. The predicted octanol–water partition coefficient (Wildman–Crippen LogP) is 4.61. The number of hydrogen-bond donors (Lipinski definition) is 2. The SMILES string of the molecule is O=C(Cn1c2c(sc1=O)[C@@H](c1ccc(O)cc1)[C@H]1C(=O)N(c3ccc([N+](=O)[O-])cc3)C(=O)[C@H]1S2)Nc1ccc(Cl)cc1. The van der Waals surface area contributed by atoms with E-state index in [0.717, 1.165) is 28.0 Å². The number of rotatable bonds is 6. The van der Waals surface area contributed by atoms with Crippen molar-refractivity contribution in [3.63, 3.8) is 0 Å². The van der Waals surface area contributed by atoms with Gasteiger partial charge in [-0.3, -0.25) is 33.9 Å². The first-order valence-electron chi connectivity index (χ1n) is 12.5. The Kier molecular flexibility index (Phi) is 7.09. The molecule has 0 saturated carbocycles. The van der Waals surface area contributed by atoms with Gasteiger partial charge in [0.05, 0.1) is 21.6 Å². The fourth-order valence-electron chi connectivity index (χ4n) is 5.15. The summed E-state index contributed by atoms with van der Waals surface area (Å²) in [5.74, 6) is -3.12. The molecule has 0 bridgehead atoms. The van der Waals surface area contributed by atoms with Gasteiger partial charge in [-0.25, -0.2) is 4.90 Å². The van der Waals surface area contributed by atoms with E-state index in [4.69, 9.17) is 11.6 Å². The van der Waals surface area contributed by atoms with Crippen LogP contribution in [0.25, 0.3) is 0 Å². The van der Waals surface area contributed by atoms with Crippen LogP contribution in [0.3, 0.4) is 0 Å². The number of nitro benzene ring substituents is 1. The third-order valence-electron chi connectivity index (χ3n) is 7.05. The number of thioether (sulfide) groups is 1. The van der Waals surface area contributed by atoms with Crippen molar-refractivity contribution in [1.82, 2.24) is 4.57 Å². The second-order valence-electron chi connectivity index (χ2n) is 9.60. The summed E-state index contributed by atoms with van der Waals surface area (Å²) in [6.07, 6.45) is 0. The van der Waals surface area contributed by atoms with E-state index in [-0.39, 0.29) is 23.7 Å². The molecule has 0 radical (unpaired) electrons. The molecule has 3 aromatic carbocycles. The van der Waals surface area contributed by atoms with E-state index >= 15 is 0 Å². The van der Waals surface area contributed by atoms with Crippen LogP contribution in [0.2, 0.25) is 5.02 Å². The highest BCUT2D eigenvalue weighted by molar-refractivity contribution is 8.00. The van der Waals surface area contributed by atoms with Crippen LogP contribution in [0.1, 0.15) is 16.4 Å². The van der Waals surface area contributed by atoms with Gasteiger partial charge in [0, 0.05) is 33.6 Å². The molecule has 3 heterocycles. The number of phenols is 1. The molecule has 3 atom stereocenters. The van der Waals surface area contributed by atoms with Gasteiger partial charge in [-0.15, -0.1) is 0 Å². The number of nitro groups is 1. The Morgan fingerprint density at radius 1 is 0.976 bits per heavy atom. The smallest absolute Gasteiger partial charge is 0.308 e. The Morgan fingerprint density at radius 2 is 1.64 bits per heavy atom. The lowest BCUT2D eigenvalue weighted by atomic mass is 9.83. The summed E-state index contributed by atoms with van der Waals surface area (Å²) < 4.78 is 1.30. The number of benzene rings is 3. The Labute approximate surface area is 250 Å². The zero-order valence-electron chi connectivity index (χ0n) is 21.3. The number of nitrogens with one attached hydrogen (secondary N) is 1. The zero-order valence-corrected chi connectivity index (χ0v) is 23.7. The lowest BCUT2D eigenvalue weighted by Crippen LogP contribution is -2.33. The molecule has 0 spiro atoms. The van der Waals surface area contributed by atoms with Crippen LogP contribution in [-0.4, -0.2) is 37.6 Å². The van der Waals surface area contributed by atoms with Gasteiger partial charge in [-0.05, 0) is 54.1 Å². The van der Waals surface area contributed by atoms with Gasteiger partial charge in [-0.1, -0.05) is 46.8 Å². The normalized spacial score (nSPS) is 19.4. The fourth-order valence-corrected chi connectivity index (χ4v) is 8.05. The predicted molar refractivity (Wildman–Crippen MR) is 157 cm³/mol. The van der Waals surface area contributed by atoms with Crippen LogP contribution >= 0.6 is 34.7 Å². The van der Waals surface area contributed by atoms with Crippen molar-refractivity contribution in [2.45, 2.75) is 22.7 Å². The Balaban J connectivity index is 1.39. The summed E-state index contributed by atoms with van der Waals surface area (Å²) in [5.41, 5.74) is 1.11. The molecule has 4 aromatic rings. The van der Waals surface area contributed by atoms with Crippen molar-refractivity contribution < 1.29 is 24.4 Å². The Hall–Kier alpha value is -4.46. The van der Waals surface area contributed by atoms with Gasteiger partial charge in [0.2, 0.25) is 17.7 Å². The molecule has 14 heteroatoms. The maximum Gasteiger partial charge on any atom is 0.308 e. The van der Waals surface area contributed by atoms with Crippen LogP contribution in [0.4, 0.5) is 17.1 Å². The average molecular weight is 623 g/mol. The number of carbonyl (C=O) groups excluding carboxylic acids is 3. The number of aromatic hydroxyl groups is 1. The summed E-state index contributed by atoms with van der Waals surface area (Å²) >= 11 is 7.87. The van der Waals surface area contributed by atoms with E-state index in [1.165, 1.54) is 41.0 Å². The molecule has 3 amide bonds. The maximum absolute atomic E-state index is 13.9. The molecule has 42 heavy (non-hydrogen) atoms. The van der Waals surface area contributed by atoms with Gasteiger partial charge in [0.25, 0.3) is 5.69 Å². The number of amides is 3. The Bertz CT molecular complexity index is 1800. The van der Waals surface area contributed by atoms with E-state index < -0.39 is 44.6 Å². The first-order valence-corrected chi connectivity index (χ1v) is 14.6. The van der Waals surface area contributed by atoms with Gasteiger partial charge < -0.3 is 10.4 Å². The van der Waals surface area contributed by atoms with Crippen molar-refractivity contribution in [2.75, 3.05) is 10.2 Å². The Morgan fingerprint density at radius 3 is 2.29 bits per heavy atom. The summed E-state index contributed by atoms with van der Waals surface area (Å²) in [6.45, 7) is -0.325. The molecular formula is C28H19ClN4O7S2. The number of carbonyl (C=O) groups is 3. The fraction of sp³-hybridized carbons (Fsp3) is 0.143. The van der Waals surface area contributed by atoms with Gasteiger partial charge in [0.1, 0.15) is 17.5 Å². The van der Waals surface area contributed by atoms with E-state index in [2.05, 4.69) is 5.32 Å². The second kappa shape index (κ2) is 10.7. The summed E-state index contributed by atoms with van der Waals surface area (Å²) in [5, 5.41) is 23.7. The van der Waals surface area contributed by atoms with Crippen LogP contribution in [0, 0.1) is 16.0 Å². The number of imide groups is 1. The monoisotopic (exact) mass is 622 g/mol. The van der Waals surface area contributed by atoms with Crippen molar-refractivity contribution in [1.29, 1.82) is 0 Å². The van der Waals surface area contributed by atoms with E-state index in [1.54, 1.807) is 36.4 Å². The van der Waals surface area contributed by atoms with Crippen LogP contribution in [-0.2, 0) is 20.9 Å². The van der Waals surface area contributed by atoms with E-state index in [0.29, 0.717) is 26.2 Å². The summed E-state index contributed by atoms with van der Waals surface area (Å²) in [7, 11) is 0. The van der Waals surface area contributed by atoms with Gasteiger partial charge in [-0.2, -0.15) is 0 Å². The number of nitrogens with zero attached hydrogens (tertiary/aromatic N) is 3. The van der Waals surface area contributed by atoms with Crippen molar-refractivity contribution in [3.05, 3.63) is 108 Å². The van der Waals surface area contributed by atoms with Crippen molar-refractivity contribution in [3.8, 4) is 5.75 Å². The number of fused-ring (bicyclic) bond motifs is 2. The molecule has 1 saturated heterocycles. The number of phenolic OH excluding ortho intramolecular Hbond substituents is 1. The topological polar surface area (TPSA) is 152 Å². The molecule has 0 aliphatic carbocycles. The third-order valence-corrected chi connectivity index (χ3v) is 9.91. The minimum Gasteiger partial charge on any atom is -0.508 e. The number of halogens is 1. The molecule has 11 nitrogen and oxygen atoms in total. The maximum atomic E-state index is 13.9. The van der Waals surface area contributed by atoms with E-state index in [1.807, 2.05) is 0 Å². The highest BCUT2D eigenvalue weighted by Gasteiger charge is 2.56. The standard InChI is InChI=1S/C28H19ClN4O7S2/c29-15-3-5-16(6-4-15)30-20(35)13-31-27-24(42-28(31)38)21(14-1-11-19(34)12-2-14)22-23(41-27)26(37)32(25(22)36)17-7-9-18(10-8-17)33(39)40/h1-12,21-23,34H,13H2,(H,30,35)/t21-,22+,23-/m0/s1. The third kappa shape index (κ3) is 4.85. The lowest BCUT2D eigenvalue weighted by molar-refractivity contribution is -0.384. The number of thiazole rings is 1. The molecule has 6 rings (SSSR count). The van der Waals surface area contributed by atoms with Gasteiger partial charge in [0.15, 0.2) is 0 Å². The lowest BCUT2D eigenvalue weighted by Gasteiger charge is -2.30. The first kappa shape index (κ1) is 27.7. The van der Waals surface area contributed by atoms with Crippen molar-refractivity contribution in [2.24, 2.45) is 5.92 Å². The van der Waals surface area contributed by atoms with E-state index in [9.17, 15) is 34.4 Å². The number of non-ortho nitro benzene ring substituents is 1. The molecule has 2 N–H and O–H groups in total. The number of hydrogen-bond acceptors (Lipinski definition) is 9. The van der Waals surface area contributed by atoms with Crippen LogP contribution in [0.15, 0.2) is 82.6 Å². The minimum absolute atomic E-state index is 0.00617. The molecule has 2 aliphatic rings. The molecule has 1 fully saturated rings. The van der Waals surface area contributed by atoms with Crippen molar-refractivity contribution >= 4 is 69.5 Å². The van der Waals surface area contributed by atoms with Crippen LogP contribution in [0.5, 0.6) is 5.75 Å². The average Bonchev–Trinajstić information content (AvgIpc) is 3.41. The molecule has 212 valence electrons. The highest BCUT2D eigenvalue weighted by Crippen LogP contribution is 2.54.